The molecule has 0 radical (unpaired) electrons. The highest BCUT2D eigenvalue weighted by Crippen LogP contribution is 2.22. The SMILES string of the molecule is CC.CCc1cc(C)c(CC)s1. The van der Waals surface area contributed by atoms with Crippen LogP contribution in [-0.2, 0) is 12.8 Å². The first-order valence-corrected chi connectivity index (χ1v) is 5.67. The van der Waals surface area contributed by atoms with E-state index in [0.29, 0.717) is 0 Å². The monoisotopic (exact) mass is 184 g/mol. The van der Waals surface area contributed by atoms with Crippen molar-refractivity contribution in [3.05, 3.63) is 21.4 Å². The summed E-state index contributed by atoms with van der Waals surface area (Å²) in [5, 5.41) is 0. The molecule has 0 atom stereocenters. The Morgan fingerprint density at radius 1 is 1.17 bits per heavy atom. The minimum Gasteiger partial charge on any atom is -0.145 e. The third-order valence-electron chi connectivity index (χ3n) is 1.74. The Morgan fingerprint density at radius 3 is 2.00 bits per heavy atom. The lowest BCUT2D eigenvalue weighted by Gasteiger charge is -1.88. The van der Waals surface area contributed by atoms with Crippen molar-refractivity contribution in [1.29, 1.82) is 0 Å². The van der Waals surface area contributed by atoms with Crippen molar-refractivity contribution in [2.24, 2.45) is 0 Å². The van der Waals surface area contributed by atoms with E-state index in [2.05, 4.69) is 26.8 Å². The second-order valence-corrected chi connectivity index (χ2v) is 3.75. The van der Waals surface area contributed by atoms with Crippen LogP contribution in [0, 0.1) is 6.92 Å². The number of hydrogen-bond acceptors (Lipinski definition) is 1. The second kappa shape index (κ2) is 6.24. The van der Waals surface area contributed by atoms with Gasteiger partial charge in [0.1, 0.15) is 0 Å². The van der Waals surface area contributed by atoms with Crippen LogP contribution >= 0.6 is 11.3 Å². The molecule has 0 saturated carbocycles. The minimum atomic E-state index is 1.19. The smallest absolute Gasteiger partial charge is 0.00746 e. The summed E-state index contributed by atoms with van der Waals surface area (Å²) < 4.78 is 0. The van der Waals surface area contributed by atoms with Crippen LogP contribution in [0.25, 0.3) is 0 Å². The molecule has 0 N–H and O–H groups in total. The van der Waals surface area contributed by atoms with Crippen molar-refractivity contribution in [3.8, 4) is 0 Å². The molecular weight excluding hydrogens is 164 g/mol. The Bertz CT molecular complexity index is 211. The van der Waals surface area contributed by atoms with E-state index in [1.165, 1.54) is 23.3 Å². The van der Waals surface area contributed by atoms with Crippen LogP contribution in [0.4, 0.5) is 0 Å². The summed E-state index contributed by atoms with van der Waals surface area (Å²) in [6.07, 6.45) is 2.38. The molecule has 1 aromatic heterocycles. The summed E-state index contributed by atoms with van der Waals surface area (Å²) in [6, 6.07) is 2.31. The fourth-order valence-corrected chi connectivity index (χ4v) is 2.18. The lowest BCUT2D eigenvalue weighted by atomic mass is 10.2. The van der Waals surface area contributed by atoms with Gasteiger partial charge in [-0.2, -0.15) is 0 Å². The maximum Gasteiger partial charge on any atom is 0.00746 e. The summed E-state index contributed by atoms with van der Waals surface area (Å²) in [5.74, 6) is 0. The van der Waals surface area contributed by atoms with E-state index in [4.69, 9.17) is 0 Å². The molecule has 0 fully saturated rings. The molecule has 0 aliphatic carbocycles. The van der Waals surface area contributed by atoms with E-state index in [9.17, 15) is 0 Å². The molecule has 70 valence electrons. The van der Waals surface area contributed by atoms with Crippen LogP contribution in [0.5, 0.6) is 0 Å². The van der Waals surface area contributed by atoms with Gasteiger partial charge in [-0.25, -0.2) is 0 Å². The molecule has 1 heteroatoms. The quantitative estimate of drug-likeness (QED) is 0.646. The third kappa shape index (κ3) is 2.98. The first-order chi connectivity index (χ1) is 5.77. The van der Waals surface area contributed by atoms with Gasteiger partial charge < -0.3 is 0 Å². The Morgan fingerprint density at radius 2 is 1.75 bits per heavy atom. The zero-order valence-corrected chi connectivity index (χ0v) is 9.72. The molecular formula is C11H20S. The molecule has 0 aromatic carbocycles. The molecule has 1 aromatic rings. The van der Waals surface area contributed by atoms with Crippen LogP contribution in [0.1, 0.15) is 43.0 Å². The summed E-state index contributed by atoms with van der Waals surface area (Å²) in [6.45, 7) is 10.6. The van der Waals surface area contributed by atoms with Gasteiger partial charge in [-0.05, 0) is 31.4 Å². The molecule has 0 aliphatic rings. The van der Waals surface area contributed by atoms with Crippen LogP contribution in [0.3, 0.4) is 0 Å². The van der Waals surface area contributed by atoms with Crippen molar-refractivity contribution in [3.63, 3.8) is 0 Å². The largest absolute Gasteiger partial charge is 0.145 e. The lowest BCUT2D eigenvalue weighted by Crippen LogP contribution is -1.72. The van der Waals surface area contributed by atoms with Gasteiger partial charge in [0.05, 0.1) is 0 Å². The van der Waals surface area contributed by atoms with Crippen molar-refractivity contribution in [1.82, 2.24) is 0 Å². The lowest BCUT2D eigenvalue weighted by molar-refractivity contribution is 1.15. The molecule has 0 spiro atoms. The Kier molecular flexibility index (Phi) is 6.09. The zero-order valence-electron chi connectivity index (χ0n) is 8.90. The summed E-state index contributed by atoms with van der Waals surface area (Å²) in [7, 11) is 0. The summed E-state index contributed by atoms with van der Waals surface area (Å²) in [4.78, 5) is 3.08. The highest BCUT2D eigenvalue weighted by Gasteiger charge is 2.00. The van der Waals surface area contributed by atoms with Gasteiger partial charge in [0.15, 0.2) is 0 Å². The van der Waals surface area contributed by atoms with Gasteiger partial charge >= 0.3 is 0 Å². The molecule has 0 nitrogen and oxygen atoms in total. The van der Waals surface area contributed by atoms with Crippen molar-refractivity contribution >= 4 is 11.3 Å². The molecule has 12 heavy (non-hydrogen) atoms. The predicted molar refractivity (Wildman–Crippen MR) is 59.2 cm³/mol. The highest BCUT2D eigenvalue weighted by molar-refractivity contribution is 7.12. The van der Waals surface area contributed by atoms with Gasteiger partial charge in [-0.1, -0.05) is 27.7 Å². The molecule has 1 rings (SSSR count). The van der Waals surface area contributed by atoms with Crippen molar-refractivity contribution in [2.45, 2.75) is 47.5 Å². The molecule has 1 heterocycles. The number of rotatable bonds is 2. The van der Waals surface area contributed by atoms with Crippen LogP contribution < -0.4 is 0 Å². The van der Waals surface area contributed by atoms with Crippen LogP contribution in [-0.4, -0.2) is 0 Å². The molecule has 0 aliphatic heterocycles. The third-order valence-corrected chi connectivity index (χ3v) is 3.27. The Labute approximate surface area is 80.6 Å². The maximum absolute atomic E-state index is 2.31. The van der Waals surface area contributed by atoms with E-state index >= 15 is 0 Å². The molecule has 0 saturated heterocycles. The number of aryl methyl sites for hydroxylation is 3. The summed E-state index contributed by atoms with van der Waals surface area (Å²) in [5.41, 5.74) is 1.48. The zero-order chi connectivity index (χ0) is 9.56. The summed E-state index contributed by atoms with van der Waals surface area (Å²) >= 11 is 1.96. The second-order valence-electron chi connectivity index (χ2n) is 2.53. The van der Waals surface area contributed by atoms with Gasteiger partial charge in [0.2, 0.25) is 0 Å². The Hall–Kier alpha value is -0.300. The van der Waals surface area contributed by atoms with E-state index in [-0.39, 0.29) is 0 Å². The predicted octanol–water partition coefficient (Wildman–Crippen LogP) is 4.21. The van der Waals surface area contributed by atoms with Crippen molar-refractivity contribution < 1.29 is 0 Å². The first-order valence-electron chi connectivity index (χ1n) is 4.86. The highest BCUT2D eigenvalue weighted by atomic mass is 32.1. The fourth-order valence-electron chi connectivity index (χ4n) is 1.12. The average Bonchev–Trinajstić information content (AvgIpc) is 2.49. The minimum absolute atomic E-state index is 1.19. The molecule has 0 bridgehead atoms. The topological polar surface area (TPSA) is 0 Å². The van der Waals surface area contributed by atoms with E-state index in [1.54, 1.807) is 4.88 Å². The van der Waals surface area contributed by atoms with E-state index in [1.807, 2.05) is 25.2 Å². The van der Waals surface area contributed by atoms with E-state index < -0.39 is 0 Å². The number of thiophene rings is 1. The van der Waals surface area contributed by atoms with Gasteiger partial charge in [0, 0.05) is 9.75 Å². The number of hydrogen-bond donors (Lipinski definition) is 0. The average molecular weight is 184 g/mol. The van der Waals surface area contributed by atoms with Gasteiger partial charge in [-0.15, -0.1) is 11.3 Å². The standard InChI is InChI=1S/C9H14S.C2H6/c1-4-8-6-7(3)9(5-2)10-8;1-2/h6H,4-5H2,1-3H3;1-2H3. The normalized spacial score (nSPS) is 9.08. The van der Waals surface area contributed by atoms with Crippen LogP contribution in [0.2, 0.25) is 0 Å². The van der Waals surface area contributed by atoms with Gasteiger partial charge in [-0.3, -0.25) is 0 Å². The fraction of sp³-hybridized carbons (Fsp3) is 0.636. The first kappa shape index (κ1) is 11.7. The Balaban J connectivity index is 0.000000561. The van der Waals surface area contributed by atoms with Crippen molar-refractivity contribution in [2.75, 3.05) is 0 Å². The van der Waals surface area contributed by atoms with Gasteiger partial charge in [0.25, 0.3) is 0 Å². The maximum atomic E-state index is 2.31. The van der Waals surface area contributed by atoms with E-state index in [0.717, 1.165) is 0 Å². The molecule has 0 amide bonds. The van der Waals surface area contributed by atoms with Crippen LogP contribution in [0.15, 0.2) is 6.07 Å². The molecule has 0 unspecified atom stereocenters.